The number of para-hydroxylation sites is 1. The molecule has 0 bridgehead atoms. The van der Waals surface area contributed by atoms with E-state index in [9.17, 15) is 14.2 Å². The summed E-state index contributed by atoms with van der Waals surface area (Å²) in [6.45, 7) is 7.52. The van der Waals surface area contributed by atoms with Gasteiger partial charge in [0, 0.05) is 16.6 Å². The number of benzene rings is 2. The van der Waals surface area contributed by atoms with Crippen molar-refractivity contribution in [2.24, 2.45) is 0 Å². The predicted octanol–water partition coefficient (Wildman–Crippen LogP) is 4.64. The second-order valence-electron chi connectivity index (χ2n) is 7.38. The molecule has 1 atom stereocenters. The highest BCUT2D eigenvalue weighted by Crippen LogP contribution is 2.66. The number of hydrogen-bond acceptors (Lipinski definition) is 4. The van der Waals surface area contributed by atoms with Crippen molar-refractivity contribution in [3.05, 3.63) is 54.1 Å². The normalized spacial score (nSPS) is 14.4. The summed E-state index contributed by atoms with van der Waals surface area (Å²) in [6.07, 6.45) is 0. The molecule has 0 saturated heterocycles. The Balaban J connectivity index is 2.81. The van der Waals surface area contributed by atoms with Crippen molar-refractivity contribution in [2.45, 2.75) is 45.6 Å². The third-order valence-electron chi connectivity index (χ3n) is 5.19. The van der Waals surface area contributed by atoms with E-state index in [0.29, 0.717) is 21.9 Å². The number of methoxy groups -OCH3 is 1. The quantitative estimate of drug-likeness (QED) is 0.647. The van der Waals surface area contributed by atoms with Gasteiger partial charge in [-0.1, -0.05) is 64.1 Å². The Morgan fingerprint density at radius 3 is 1.93 bits per heavy atom. The summed E-state index contributed by atoms with van der Waals surface area (Å²) in [7, 11) is -4.54. The molecule has 0 amide bonds. The number of ether oxygens (including phenoxy) is 1. The fourth-order valence-corrected chi connectivity index (χ4v) is 13.0. The van der Waals surface area contributed by atoms with Crippen LogP contribution in [0, 0.1) is 0 Å². The van der Waals surface area contributed by atoms with Crippen LogP contribution < -0.4 is 15.3 Å². The molecule has 2 aromatic carbocycles. The third kappa shape index (κ3) is 4.24. The van der Waals surface area contributed by atoms with E-state index in [-0.39, 0.29) is 23.8 Å². The standard InChI is InChI=1S/C21H30O4P2/c1-16(2)26(23,17(3)4)15-27(24,20-12-8-6-10-18(20)14-22)21-13-9-7-11-19(21)25-5/h6-13,16-17,22H,14-15H2,1-5H3. The second-order valence-corrected chi connectivity index (χ2v) is 14.7. The van der Waals surface area contributed by atoms with Gasteiger partial charge in [0.15, 0.2) is 7.14 Å². The minimum absolute atomic E-state index is 0.0816. The lowest BCUT2D eigenvalue weighted by Crippen LogP contribution is -2.25. The van der Waals surface area contributed by atoms with Gasteiger partial charge >= 0.3 is 0 Å². The minimum Gasteiger partial charge on any atom is -0.496 e. The lowest BCUT2D eigenvalue weighted by molar-refractivity contribution is 0.283. The monoisotopic (exact) mass is 408 g/mol. The summed E-state index contributed by atoms with van der Waals surface area (Å²) in [5.41, 5.74) is 0.439. The molecular weight excluding hydrogens is 378 g/mol. The molecule has 6 heteroatoms. The van der Waals surface area contributed by atoms with Crippen LogP contribution in [0.1, 0.15) is 33.3 Å². The van der Waals surface area contributed by atoms with Crippen LogP contribution in [0.3, 0.4) is 0 Å². The molecular formula is C21H30O4P2. The Bertz CT molecular complexity index is 810. The molecule has 0 aliphatic rings. The second kappa shape index (κ2) is 8.78. The van der Waals surface area contributed by atoms with Gasteiger partial charge in [-0.3, -0.25) is 0 Å². The van der Waals surface area contributed by atoms with Gasteiger partial charge in [-0.15, -0.1) is 0 Å². The summed E-state index contributed by atoms with van der Waals surface area (Å²) >= 11 is 0. The van der Waals surface area contributed by atoms with Gasteiger partial charge in [-0.2, -0.15) is 0 Å². The molecule has 1 N–H and O–H groups in total. The Morgan fingerprint density at radius 2 is 1.41 bits per heavy atom. The first-order chi connectivity index (χ1) is 12.7. The lowest BCUT2D eigenvalue weighted by Gasteiger charge is -2.32. The van der Waals surface area contributed by atoms with Crippen LogP contribution in [0.5, 0.6) is 5.75 Å². The van der Waals surface area contributed by atoms with Gasteiger partial charge in [0.1, 0.15) is 12.9 Å². The van der Waals surface area contributed by atoms with Gasteiger partial charge in [0.25, 0.3) is 0 Å². The Morgan fingerprint density at radius 1 is 0.889 bits per heavy atom. The molecule has 0 saturated carbocycles. The molecule has 0 aliphatic carbocycles. The fraction of sp³-hybridized carbons (Fsp3) is 0.429. The highest BCUT2D eigenvalue weighted by molar-refractivity contribution is 7.89. The Kier molecular flexibility index (Phi) is 7.14. The number of hydrogen-bond donors (Lipinski definition) is 1. The van der Waals surface area contributed by atoms with E-state index < -0.39 is 14.3 Å². The van der Waals surface area contributed by atoms with E-state index in [0.717, 1.165) is 0 Å². The van der Waals surface area contributed by atoms with Crippen LogP contribution in [0.15, 0.2) is 48.5 Å². The molecule has 0 aromatic heterocycles. The average Bonchev–Trinajstić information content (AvgIpc) is 2.67. The molecule has 27 heavy (non-hydrogen) atoms. The molecule has 2 rings (SSSR count). The van der Waals surface area contributed by atoms with Crippen molar-refractivity contribution in [3.63, 3.8) is 0 Å². The van der Waals surface area contributed by atoms with Crippen LogP contribution in [0.25, 0.3) is 0 Å². The largest absolute Gasteiger partial charge is 0.496 e. The summed E-state index contributed by atoms with van der Waals surface area (Å²) < 4.78 is 34.0. The van der Waals surface area contributed by atoms with Crippen molar-refractivity contribution in [1.29, 1.82) is 0 Å². The first kappa shape index (κ1) is 22.0. The van der Waals surface area contributed by atoms with Crippen LogP contribution >= 0.6 is 14.3 Å². The molecule has 0 spiro atoms. The number of aliphatic hydroxyl groups excluding tert-OH is 1. The fourth-order valence-electron chi connectivity index (χ4n) is 3.44. The van der Waals surface area contributed by atoms with Gasteiger partial charge < -0.3 is 19.0 Å². The van der Waals surface area contributed by atoms with E-state index in [4.69, 9.17) is 4.74 Å². The topological polar surface area (TPSA) is 63.6 Å². The first-order valence-electron chi connectivity index (χ1n) is 9.21. The van der Waals surface area contributed by atoms with Crippen molar-refractivity contribution in [2.75, 3.05) is 13.0 Å². The summed E-state index contributed by atoms with van der Waals surface area (Å²) in [4.78, 5) is 0. The highest BCUT2D eigenvalue weighted by Gasteiger charge is 2.42. The maximum Gasteiger partial charge on any atom is 0.154 e. The van der Waals surface area contributed by atoms with Gasteiger partial charge in [-0.05, 0) is 17.7 Å². The zero-order valence-corrected chi connectivity index (χ0v) is 18.5. The SMILES string of the molecule is COc1ccccc1P(=O)(CP(=O)(C(C)C)C(C)C)c1ccccc1CO. The third-order valence-corrected chi connectivity index (χ3v) is 14.4. The molecule has 148 valence electrons. The molecule has 1 unspecified atom stereocenters. The van der Waals surface area contributed by atoms with E-state index in [2.05, 4.69) is 0 Å². The number of aliphatic hydroxyl groups is 1. The Hall–Kier alpha value is -1.34. The zero-order chi connectivity index (χ0) is 20.2. The molecule has 0 heterocycles. The van der Waals surface area contributed by atoms with Crippen LogP contribution in [0.2, 0.25) is 0 Å². The highest BCUT2D eigenvalue weighted by atomic mass is 31.2. The maximum absolute atomic E-state index is 14.6. The lowest BCUT2D eigenvalue weighted by atomic mass is 10.2. The van der Waals surface area contributed by atoms with Crippen LogP contribution in [-0.2, 0) is 15.7 Å². The van der Waals surface area contributed by atoms with Gasteiger partial charge in [0.05, 0.1) is 24.9 Å². The predicted molar refractivity (Wildman–Crippen MR) is 115 cm³/mol. The summed E-state index contributed by atoms with van der Waals surface area (Å²) in [5, 5.41) is 11.0. The van der Waals surface area contributed by atoms with Crippen molar-refractivity contribution >= 4 is 24.9 Å². The Labute approximate surface area is 162 Å². The van der Waals surface area contributed by atoms with E-state index in [1.165, 1.54) is 0 Å². The molecule has 0 radical (unpaired) electrons. The maximum atomic E-state index is 14.6. The molecule has 0 aliphatic heterocycles. The summed E-state index contributed by atoms with van der Waals surface area (Å²) in [6, 6.07) is 14.4. The van der Waals surface area contributed by atoms with Crippen LogP contribution in [0.4, 0.5) is 0 Å². The number of rotatable bonds is 8. The van der Waals surface area contributed by atoms with E-state index in [1.54, 1.807) is 31.4 Å². The summed E-state index contributed by atoms with van der Waals surface area (Å²) in [5.74, 6) is 0.611. The van der Waals surface area contributed by atoms with Crippen molar-refractivity contribution in [3.8, 4) is 5.75 Å². The molecule has 4 nitrogen and oxygen atoms in total. The van der Waals surface area contributed by atoms with Crippen molar-refractivity contribution in [1.82, 2.24) is 0 Å². The van der Waals surface area contributed by atoms with Gasteiger partial charge in [-0.25, -0.2) is 0 Å². The van der Waals surface area contributed by atoms with Crippen LogP contribution in [-0.4, -0.2) is 29.4 Å². The van der Waals surface area contributed by atoms with E-state index in [1.807, 2.05) is 52.0 Å². The van der Waals surface area contributed by atoms with Crippen molar-refractivity contribution < 1.29 is 19.0 Å². The van der Waals surface area contributed by atoms with Gasteiger partial charge in [0.2, 0.25) is 0 Å². The van der Waals surface area contributed by atoms with E-state index >= 15 is 0 Å². The minimum atomic E-state index is -3.31. The molecule has 2 aromatic rings. The smallest absolute Gasteiger partial charge is 0.154 e. The molecule has 0 fully saturated rings. The zero-order valence-electron chi connectivity index (χ0n) is 16.8. The average molecular weight is 408 g/mol. The first-order valence-corrected chi connectivity index (χ1v) is 13.1.